The first-order chi connectivity index (χ1) is 13.0. The van der Waals surface area contributed by atoms with E-state index in [0.29, 0.717) is 0 Å². The molecule has 0 aliphatic carbocycles. The number of rotatable bonds is 5. The second-order valence-electron chi connectivity index (χ2n) is 6.49. The monoisotopic (exact) mass is 382 g/mol. The predicted molar refractivity (Wildman–Crippen MR) is 119 cm³/mol. The van der Waals surface area contributed by atoms with Crippen LogP contribution in [0.15, 0.2) is 91.0 Å². The summed E-state index contributed by atoms with van der Waals surface area (Å²) in [4.78, 5) is 0. The molecule has 3 aromatic rings. The van der Waals surface area contributed by atoms with E-state index >= 15 is 0 Å². The van der Waals surface area contributed by atoms with E-state index in [4.69, 9.17) is 15.1 Å². The van der Waals surface area contributed by atoms with Gasteiger partial charge in [-0.1, -0.05) is 0 Å². The van der Waals surface area contributed by atoms with Crippen molar-refractivity contribution in [1.82, 2.24) is 0 Å². The van der Waals surface area contributed by atoms with Crippen LogP contribution >= 0.6 is 6.60 Å². The van der Waals surface area contributed by atoms with Crippen molar-refractivity contribution in [2.45, 2.75) is 13.8 Å². The minimum absolute atomic E-state index is 1.15. The van der Waals surface area contributed by atoms with Gasteiger partial charge in [0.25, 0.3) is 0 Å². The maximum atomic E-state index is 7.17. The van der Waals surface area contributed by atoms with Crippen LogP contribution < -0.4 is 15.9 Å². The molecule has 0 aliphatic heterocycles. The van der Waals surface area contributed by atoms with Crippen molar-refractivity contribution < 1.29 is 15.1 Å². The van der Waals surface area contributed by atoms with E-state index in [1.807, 2.05) is 0 Å². The van der Waals surface area contributed by atoms with Gasteiger partial charge in [0.2, 0.25) is 0 Å². The van der Waals surface area contributed by atoms with Crippen molar-refractivity contribution in [1.29, 1.82) is 0 Å². The Morgan fingerprint density at radius 2 is 0.778 bits per heavy atom. The van der Waals surface area contributed by atoms with Crippen LogP contribution in [0, 0.1) is 0 Å². The van der Waals surface area contributed by atoms with E-state index in [-0.39, 0.29) is 0 Å². The van der Waals surface area contributed by atoms with E-state index in [1.165, 1.54) is 15.9 Å². The Balaban J connectivity index is 0.000000596. The summed E-state index contributed by atoms with van der Waals surface area (Å²) in [7, 11) is -2.17. The maximum absolute atomic E-state index is 7.17. The molecule has 142 valence electrons. The van der Waals surface area contributed by atoms with Gasteiger partial charge in [0.15, 0.2) is 0 Å². The van der Waals surface area contributed by atoms with Gasteiger partial charge >= 0.3 is 147 Å². The molecule has 27 heavy (non-hydrogen) atoms. The molecule has 3 nitrogen and oxygen atoms in total. The van der Waals surface area contributed by atoms with Gasteiger partial charge in [0, 0.05) is 0 Å². The first-order valence-corrected chi connectivity index (χ1v) is 11.8. The molecule has 3 N–H and O–H groups in total. The van der Waals surface area contributed by atoms with Crippen LogP contribution in [0.5, 0.6) is 0 Å². The average Bonchev–Trinajstić information content (AvgIpc) is 2.72. The molecular weight excluding hydrogens is 354 g/mol. The zero-order chi connectivity index (χ0) is 19.8. The van der Waals surface area contributed by atoms with Gasteiger partial charge in [-0.25, -0.2) is 0 Å². The Kier molecular flexibility index (Phi) is 7.35. The van der Waals surface area contributed by atoms with Gasteiger partial charge in [0.1, 0.15) is 0 Å². The molecule has 3 rings (SSSR count). The molecule has 0 fully saturated rings. The zero-order valence-electron chi connectivity index (χ0n) is 15.9. The molecule has 0 aliphatic rings. The summed E-state index contributed by atoms with van der Waals surface area (Å²) in [5.74, 6) is 0. The third kappa shape index (κ3) is 4.00. The van der Waals surface area contributed by atoms with Crippen molar-refractivity contribution in [3.63, 3.8) is 0 Å². The quantitative estimate of drug-likeness (QED) is 0.470. The standard InChI is InChI=1S/C22H25P.BH3O3/c1-3-23(4-2,20-14-8-5-9-15-20,21-16-10-6-11-17-21)22-18-12-7-13-19-22;2-1(3)4/h5-19H,3-4H2,1-2H3;2-4H. The topological polar surface area (TPSA) is 60.7 Å². The molecule has 0 bridgehead atoms. The summed E-state index contributed by atoms with van der Waals surface area (Å²) in [5, 5.41) is 26.0. The molecule has 5 heteroatoms. The fraction of sp³-hybridized carbons (Fsp3) is 0.182. The molecule has 0 saturated carbocycles. The number of hydrogen-bond donors (Lipinski definition) is 3. The van der Waals surface area contributed by atoms with E-state index in [0.717, 1.165) is 12.3 Å². The Hall–Kier alpha value is -1.97. The van der Waals surface area contributed by atoms with Crippen LogP contribution in [-0.2, 0) is 0 Å². The molecule has 0 heterocycles. The molecule has 0 aromatic heterocycles. The number of hydrogen-bond acceptors (Lipinski definition) is 3. The summed E-state index contributed by atoms with van der Waals surface area (Å²) >= 11 is 0. The Bertz CT molecular complexity index is 701. The van der Waals surface area contributed by atoms with Crippen LogP contribution in [-0.4, -0.2) is 34.7 Å². The Morgan fingerprint density at radius 1 is 0.556 bits per heavy atom. The molecule has 0 spiro atoms. The van der Waals surface area contributed by atoms with Gasteiger partial charge in [-0.2, -0.15) is 0 Å². The van der Waals surface area contributed by atoms with Gasteiger partial charge in [-0.15, -0.1) is 0 Å². The summed E-state index contributed by atoms with van der Waals surface area (Å²) in [6.07, 6.45) is 2.31. The van der Waals surface area contributed by atoms with Crippen molar-refractivity contribution in [2.75, 3.05) is 12.3 Å². The van der Waals surface area contributed by atoms with Gasteiger partial charge in [0.05, 0.1) is 0 Å². The van der Waals surface area contributed by atoms with Crippen molar-refractivity contribution in [3.8, 4) is 0 Å². The minimum atomic E-state index is -2.43. The van der Waals surface area contributed by atoms with Crippen LogP contribution in [0.2, 0.25) is 0 Å². The average molecular weight is 382 g/mol. The Morgan fingerprint density at radius 3 is 0.963 bits per heavy atom. The van der Waals surface area contributed by atoms with Crippen molar-refractivity contribution in [3.05, 3.63) is 91.0 Å². The molecule has 0 saturated heterocycles. The normalized spacial score (nSPS) is 12.3. The van der Waals surface area contributed by atoms with Crippen molar-refractivity contribution in [2.24, 2.45) is 0 Å². The van der Waals surface area contributed by atoms with E-state index in [2.05, 4.69) is 105 Å². The largest absolute Gasteiger partial charge is 0.631 e. The maximum Gasteiger partial charge on any atom is 0.631 e. The molecule has 0 unspecified atom stereocenters. The molecular formula is C22H28BO3P. The fourth-order valence-corrected chi connectivity index (χ4v) is 10.3. The van der Waals surface area contributed by atoms with Crippen LogP contribution in [0.1, 0.15) is 13.8 Å². The smallest absolute Gasteiger partial charge is 0.402 e. The summed E-state index contributed by atoms with van der Waals surface area (Å²) < 4.78 is 0. The third-order valence-corrected chi connectivity index (χ3v) is 13.0. The molecule has 3 aromatic carbocycles. The van der Waals surface area contributed by atoms with Gasteiger partial charge < -0.3 is 15.1 Å². The van der Waals surface area contributed by atoms with E-state index in [9.17, 15) is 0 Å². The van der Waals surface area contributed by atoms with Crippen LogP contribution in [0.3, 0.4) is 0 Å². The Labute approximate surface area is 162 Å². The van der Waals surface area contributed by atoms with Crippen LogP contribution in [0.4, 0.5) is 0 Å². The van der Waals surface area contributed by atoms with Crippen molar-refractivity contribution >= 4 is 29.8 Å². The van der Waals surface area contributed by atoms with E-state index in [1.54, 1.807) is 0 Å². The SMILES string of the molecule is CCP(CC)(c1ccccc1)(c1ccccc1)c1ccccc1.OB(O)O. The first kappa shape index (κ1) is 21.3. The number of benzene rings is 3. The second kappa shape index (κ2) is 9.30. The molecule has 0 atom stereocenters. The predicted octanol–water partition coefficient (Wildman–Crippen LogP) is 2.50. The zero-order valence-corrected chi connectivity index (χ0v) is 16.8. The third-order valence-electron chi connectivity index (χ3n) is 5.53. The van der Waals surface area contributed by atoms with E-state index < -0.39 is 13.9 Å². The second-order valence-corrected chi connectivity index (χ2v) is 12.3. The molecule has 0 radical (unpaired) electrons. The van der Waals surface area contributed by atoms with Gasteiger partial charge in [-0.3, -0.25) is 0 Å². The summed E-state index contributed by atoms with van der Waals surface area (Å²) in [6, 6.07) is 33.5. The van der Waals surface area contributed by atoms with Gasteiger partial charge in [-0.05, 0) is 0 Å². The van der Waals surface area contributed by atoms with Crippen LogP contribution in [0.25, 0.3) is 0 Å². The first-order valence-electron chi connectivity index (χ1n) is 9.22. The fourth-order valence-electron chi connectivity index (χ4n) is 4.13. The summed E-state index contributed by atoms with van der Waals surface area (Å²) in [6.45, 7) is 2.31. The minimum Gasteiger partial charge on any atom is -0.402 e. The summed E-state index contributed by atoms with van der Waals surface area (Å²) in [5.41, 5.74) is 0. The molecule has 0 amide bonds.